The Balaban J connectivity index is 1.36. The zero-order chi connectivity index (χ0) is 38.8. The number of aromatic nitrogens is 2. The molecule has 4 heterocycles. The minimum absolute atomic E-state index is 0.170. The Morgan fingerprint density at radius 2 is 1.70 bits per heavy atom. The summed E-state index contributed by atoms with van der Waals surface area (Å²) in [6.07, 6.45) is -0.623. The number of rotatable bonds is 11. The van der Waals surface area contributed by atoms with Crippen molar-refractivity contribution in [1.82, 2.24) is 14.9 Å². The van der Waals surface area contributed by atoms with Crippen LogP contribution >= 0.6 is 0 Å². The molecular weight excluding hydrogens is 686 g/mol. The number of benzene rings is 1. The summed E-state index contributed by atoms with van der Waals surface area (Å²) in [4.78, 5) is 82.6. The fourth-order valence-corrected chi connectivity index (χ4v) is 6.32. The van der Waals surface area contributed by atoms with Gasteiger partial charge >= 0.3 is 24.1 Å². The first-order valence-corrected chi connectivity index (χ1v) is 17.9. The number of nitrogens with zero attached hydrogens (tertiary/aromatic N) is 2. The summed E-state index contributed by atoms with van der Waals surface area (Å²) >= 11 is 0. The average Bonchev–Trinajstić information content (AvgIpc) is 3.42. The lowest BCUT2D eigenvalue weighted by atomic mass is 9.97. The number of aryl methyl sites for hydroxylation is 1. The Labute approximate surface area is 307 Å². The molecule has 284 valence electrons. The van der Waals surface area contributed by atoms with Crippen LogP contribution in [0.25, 0.3) is 22.3 Å². The molecule has 14 heteroatoms. The standard InChI is InChI=1S/C39H47N3O11/c1-9-11-12-28(35(46)52-38(3,4)5)40-30(43)15-16-31(44)51-33-24-18-29-32-25(19-42(29)34(45)26(24)20-49-36(33)47)22(10-2)23-17-21(13-14-27(23)41-32)50-37(48)53-39(6,7)8/h13-14,17-18,28,33H,9-12,15-16,19-20H2,1-8H3,(H,40,43). The Morgan fingerprint density at radius 3 is 2.36 bits per heavy atom. The van der Waals surface area contributed by atoms with Gasteiger partial charge in [-0.2, -0.15) is 0 Å². The molecule has 14 nitrogen and oxygen atoms in total. The van der Waals surface area contributed by atoms with Crippen molar-refractivity contribution in [1.29, 1.82) is 0 Å². The molecule has 53 heavy (non-hydrogen) atoms. The molecule has 0 fully saturated rings. The average molecular weight is 734 g/mol. The van der Waals surface area contributed by atoms with Gasteiger partial charge in [0.2, 0.25) is 12.0 Å². The van der Waals surface area contributed by atoms with Crippen LogP contribution in [-0.2, 0) is 57.7 Å². The highest BCUT2D eigenvalue weighted by atomic mass is 16.7. The van der Waals surface area contributed by atoms with E-state index in [2.05, 4.69) is 5.32 Å². The third-order valence-electron chi connectivity index (χ3n) is 8.65. The van der Waals surface area contributed by atoms with Crippen molar-refractivity contribution in [3.63, 3.8) is 0 Å². The molecule has 0 saturated heterocycles. The Kier molecular flexibility index (Phi) is 11.3. The van der Waals surface area contributed by atoms with E-state index in [1.165, 1.54) is 0 Å². The fourth-order valence-electron chi connectivity index (χ4n) is 6.32. The molecule has 0 aliphatic carbocycles. The molecule has 0 radical (unpaired) electrons. The van der Waals surface area contributed by atoms with Gasteiger partial charge in [-0.3, -0.25) is 14.4 Å². The van der Waals surface area contributed by atoms with Crippen LogP contribution in [0.1, 0.15) is 116 Å². The Morgan fingerprint density at radius 1 is 0.981 bits per heavy atom. The van der Waals surface area contributed by atoms with E-state index in [0.29, 0.717) is 36.2 Å². The minimum Gasteiger partial charge on any atom is -0.458 e. The van der Waals surface area contributed by atoms with Crippen molar-refractivity contribution in [2.75, 3.05) is 0 Å². The lowest BCUT2D eigenvalue weighted by molar-refractivity contribution is -0.172. The van der Waals surface area contributed by atoms with E-state index in [-0.39, 0.29) is 42.9 Å². The highest BCUT2D eigenvalue weighted by Crippen LogP contribution is 2.39. The van der Waals surface area contributed by atoms with E-state index in [0.717, 1.165) is 22.9 Å². The fraction of sp³-hybridized carbons (Fsp3) is 0.513. The summed E-state index contributed by atoms with van der Waals surface area (Å²) in [6.45, 7) is 14.3. The maximum absolute atomic E-state index is 13.9. The second kappa shape index (κ2) is 15.4. The van der Waals surface area contributed by atoms with Gasteiger partial charge in [-0.05, 0) is 84.2 Å². The first kappa shape index (κ1) is 38.9. The van der Waals surface area contributed by atoms with Crippen LogP contribution in [0.5, 0.6) is 5.75 Å². The predicted octanol–water partition coefficient (Wildman–Crippen LogP) is 5.74. The van der Waals surface area contributed by atoms with Gasteiger partial charge < -0.3 is 33.6 Å². The zero-order valence-corrected chi connectivity index (χ0v) is 31.5. The van der Waals surface area contributed by atoms with E-state index >= 15 is 0 Å². The number of hydrogen-bond donors (Lipinski definition) is 1. The summed E-state index contributed by atoms with van der Waals surface area (Å²) in [6, 6.07) is 5.79. The first-order chi connectivity index (χ1) is 24.9. The number of hydrogen-bond acceptors (Lipinski definition) is 12. The maximum Gasteiger partial charge on any atom is 0.514 e. The van der Waals surface area contributed by atoms with Crippen molar-refractivity contribution in [2.45, 2.75) is 130 Å². The molecule has 2 aliphatic rings. The van der Waals surface area contributed by atoms with Gasteiger partial charge in [0.15, 0.2) is 0 Å². The van der Waals surface area contributed by atoms with Crippen LogP contribution in [0.15, 0.2) is 29.1 Å². The van der Waals surface area contributed by atoms with Crippen LogP contribution in [0, 0.1) is 0 Å². The van der Waals surface area contributed by atoms with Crippen LogP contribution < -0.4 is 15.6 Å². The summed E-state index contributed by atoms with van der Waals surface area (Å²) in [5.74, 6) is -2.54. The summed E-state index contributed by atoms with van der Waals surface area (Å²) in [5, 5.41) is 3.40. The topological polar surface area (TPSA) is 178 Å². The van der Waals surface area contributed by atoms with Crippen molar-refractivity contribution in [2.24, 2.45) is 0 Å². The Hall–Kier alpha value is -5.27. The molecule has 0 bridgehead atoms. The monoisotopic (exact) mass is 733 g/mol. The first-order valence-electron chi connectivity index (χ1n) is 17.9. The van der Waals surface area contributed by atoms with Crippen molar-refractivity contribution in [3.8, 4) is 17.1 Å². The maximum atomic E-state index is 13.9. The number of unbranched alkanes of at least 4 members (excludes halogenated alkanes) is 1. The van der Waals surface area contributed by atoms with E-state index in [1.54, 1.807) is 70.4 Å². The molecule has 2 aliphatic heterocycles. The predicted molar refractivity (Wildman–Crippen MR) is 192 cm³/mol. The smallest absolute Gasteiger partial charge is 0.458 e. The molecule has 1 amide bonds. The largest absolute Gasteiger partial charge is 0.514 e. The molecule has 3 aromatic rings. The number of ether oxygens (including phenoxy) is 5. The van der Waals surface area contributed by atoms with Crippen molar-refractivity contribution >= 4 is 40.9 Å². The number of nitrogens with one attached hydrogen (secondary N) is 1. The highest BCUT2D eigenvalue weighted by molar-refractivity contribution is 5.90. The molecular formula is C39H47N3O11. The number of cyclic esters (lactones) is 1. The second-order valence-corrected chi connectivity index (χ2v) is 15.1. The SMILES string of the molecule is CCCCC(NC(=O)CCC(=O)OC1C(=O)OCc2c1cc1n(c2=O)Cc2c-1nc1ccc(OC(=O)OC(C)(C)C)cc1c2CC)C(=O)OC(C)(C)C. The lowest BCUT2D eigenvalue weighted by Crippen LogP contribution is -2.44. The molecule has 0 saturated carbocycles. The van der Waals surface area contributed by atoms with Crippen LogP contribution in [0.4, 0.5) is 4.79 Å². The second-order valence-electron chi connectivity index (χ2n) is 15.1. The highest BCUT2D eigenvalue weighted by Gasteiger charge is 2.38. The Bertz CT molecular complexity index is 2020. The number of carbonyl (C=O) groups excluding carboxylic acids is 5. The summed E-state index contributed by atoms with van der Waals surface area (Å²) in [7, 11) is 0. The molecule has 2 aromatic heterocycles. The van der Waals surface area contributed by atoms with E-state index in [4.69, 9.17) is 28.7 Å². The third kappa shape index (κ3) is 9.03. The number of amides is 1. The van der Waals surface area contributed by atoms with Gasteiger partial charge in [0.05, 0.1) is 35.4 Å². The van der Waals surface area contributed by atoms with Crippen LogP contribution in [0.2, 0.25) is 0 Å². The van der Waals surface area contributed by atoms with Gasteiger partial charge in [-0.15, -0.1) is 0 Å². The third-order valence-corrected chi connectivity index (χ3v) is 8.65. The number of esters is 3. The summed E-state index contributed by atoms with van der Waals surface area (Å²) in [5.41, 5.74) is 1.76. The lowest BCUT2D eigenvalue weighted by Gasteiger charge is -2.25. The van der Waals surface area contributed by atoms with Gasteiger partial charge in [-0.25, -0.2) is 19.4 Å². The van der Waals surface area contributed by atoms with E-state index < -0.39 is 58.9 Å². The summed E-state index contributed by atoms with van der Waals surface area (Å²) < 4.78 is 28.5. The van der Waals surface area contributed by atoms with Gasteiger partial charge in [0.25, 0.3) is 5.56 Å². The zero-order valence-electron chi connectivity index (χ0n) is 31.5. The van der Waals surface area contributed by atoms with E-state index in [9.17, 15) is 28.8 Å². The molecule has 1 N–H and O–H groups in total. The van der Waals surface area contributed by atoms with Gasteiger partial charge in [0, 0.05) is 22.9 Å². The molecule has 2 atom stereocenters. The van der Waals surface area contributed by atoms with Crippen LogP contribution in [-0.4, -0.2) is 56.8 Å². The van der Waals surface area contributed by atoms with Crippen molar-refractivity contribution < 1.29 is 47.7 Å². The molecule has 2 unspecified atom stereocenters. The number of fused-ring (bicyclic) bond motifs is 5. The normalized spacial score (nSPS) is 15.4. The van der Waals surface area contributed by atoms with Crippen molar-refractivity contribution in [3.05, 3.63) is 56.9 Å². The molecule has 1 aromatic carbocycles. The minimum atomic E-state index is -1.53. The van der Waals surface area contributed by atoms with Gasteiger partial charge in [-0.1, -0.05) is 26.7 Å². The van der Waals surface area contributed by atoms with Gasteiger partial charge in [0.1, 0.15) is 29.6 Å². The number of carbonyl (C=O) groups is 5. The molecule has 0 spiro atoms. The quantitative estimate of drug-likeness (QED) is 0.112. The van der Waals surface area contributed by atoms with Crippen LogP contribution in [0.3, 0.4) is 0 Å². The van der Waals surface area contributed by atoms with E-state index in [1.807, 2.05) is 13.8 Å². The number of pyridine rings is 2. The molecule has 5 rings (SSSR count).